The highest BCUT2D eigenvalue weighted by Crippen LogP contribution is 2.15. The average molecular weight is 238 g/mol. The Morgan fingerprint density at radius 3 is 3.06 bits per heavy atom. The number of hydrogen-bond acceptors (Lipinski definition) is 4. The summed E-state index contributed by atoms with van der Waals surface area (Å²) in [7, 11) is 0. The van der Waals surface area contributed by atoms with Crippen molar-refractivity contribution in [1.82, 2.24) is 10.2 Å². The van der Waals surface area contributed by atoms with Gasteiger partial charge in [-0.15, -0.1) is 0 Å². The first-order chi connectivity index (χ1) is 8.17. The summed E-state index contributed by atoms with van der Waals surface area (Å²) in [5.74, 6) is -0.265. The number of primary amides is 1. The number of rotatable bonds is 6. The van der Waals surface area contributed by atoms with Crippen LogP contribution in [0.1, 0.15) is 26.2 Å². The highest BCUT2D eigenvalue weighted by molar-refractivity contribution is 5.76. The fourth-order valence-electron chi connectivity index (χ4n) is 2.18. The van der Waals surface area contributed by atoms with E-state index in [1.807, 2.05) is 0 Å². The standard InChI is InChI=1S/C12H22N4O/c1-2-5-15-11(7-13)9-16-6-3-4-10(8-16)12(14)17/h10-11,15H,2-6,8-9H2,1H3,(H2,14,17). The van der Waals surface area contributed by atoms with Gasteiger partial charge in [0.2, 0.25) is 5.91 Å². The molecule has 5 nitrogen and oxygen atoms in total. The summed E-state index contributed by atoms with van der Waals surface area (Å²) in [5.41, 5.74) is 5.33. The summed E-state index contributed by atoms with van der Waals surface area (Å²) < 4.78 is 0. The highest BCUT2D eigenvalue weighted by Gasteiger charge is 2.25. The minimum absolute atomic E-state index is 0.0470. The summed E-state index contributed by atoms with van der Waals surface area (Å²) in [6, 6.07) is 2.11. The van der Waals surface area contributed by atoms with Crippen LogP contribution in [0.2, 0.25) is 0 Å². The van der Waals surface area contributed by atoms with E-state index in [0.29, 0.717) is 13.1 Å². The lowest BCUT2D eigenvalue weighted by atomic mass is 9.97. The number of likely N-dealkylation sites (tertiary alicyclic amines) is 1. The third-order valence-corrected chi connectivity index (χ3v) is 3.15. The molecule has 3 N–H and O–H groups in total. The molecule has 0 saturated carbocycles. The van der Waals surface area contributed by atoms with Crippen molar-refractivity contribution >= 4 is 5.91 Å². The summed E-state index contributed by atoms with van der Waals surface area (Å²) in [6.45, 7) is 5.26. The van der Waals surface area contributed by atoms with Gasteiger partial charge in [0.15, 0.2) is 0 Å². The molecule has 1 aliphatic rings. The fraction of sp³-hybridized carbons (Fsp3) is 0.833. The number of hydrogen-bond donors (Lipinski definition) is 2. The van der Waals surface area contributed by atoms with Crippen LogP contribution >= 0.6 is 0 Å². The van der Waals surface area contributed by atoms with Gasteiger partial charge in [0, 0.05) is 13.1 Å². The number of carbonyl (C=O) groups excluding carboxylic acids is 1. The first-order valence-electron chi connectivity index (χ1n) is 6.32. The van der Waals surface area contributed by atoms with E-state index in [-0.39, 0.29) is 17.9 Å². The number of piperidine rings is 1. The normalized spacial score (nSPS) is 22.9. The Labute approximate surface area is 103 Å². The Bertz CT molecular complexity index is 287. The highest BCUT2D eigenvalue weighted by atomic mass is 16.1. The van der Waals surface area contributed by atoms with Gasteiger partial charge in [-0.25, -0.2) is 0 Å². The molecule has 0 aromatic carbocycles. The molecule has 96 valence electrons. The van der Waals surface area contributed by atoms with Crippen LogP contribution in [0.15, 0.2) is 0 Å². The molecule has 5 heteroatoms. The van der Waals surface area contributed by atoms with E-state index in [9.17, 15) is 4.79 Å². The molecule has 1 rings (SSSR count). The van der Waals surface area contributed by atoms with Gasteiger partial charge in [0.05, 0.1) is 12.0 Å². The second-order valence-electron chi connectivity index (χ2n) is 4.64. The van der Waals surface area contributed by atoms with Crippen LogP contribution in [0.4, 0.5) is 0 Å². The zero-order valence-electron chi connectivity index (χ0n) is 10.5. The second-order valence-corrected chi connectivity index (χ2v) is 4.64. The molecule has 17 heavy (non-hydrogen) atoms. The van der Waals surface area contributed by atoms with Crippen LogP contribution < -0.4 is 11.1 Å². The van der Waals surface area contributed by atoms with Crippen LogP contribution in [-0.4, -0.2) is 43.0 Å². The summed E-state index contributed by atoms with van der Waals surface area (Å²) in [4.78, 5) is 13.3. The van der Waals surface area contributed by atoms with Crippen molar-refractivity contribution in [2.75, 3.05) is 26.2 Å². The molecule has 0 aromatic rings. The predicted octanol–water partition coefficient (Wildman–Crippen LogP) is 0.0755. The van der Waals surface area contributed by atoms with Gasteiger partial charge in [-0.2, -0.15) is 5.26 Å². The molecule has 1 saturated heterocycles. The van der Waals surface area contributed by atoms with E-state index in [1.165, 1.54) is 0 Å². The lowest BCUT2D eigenvalue weighted by Gasteiger charge is -2.32. The van der Waals surface area contributed by atoms with Gasteiger partial charge in [0.1, 0.15) is 6.04 Å². The largest absolute Gasteiger partial charge is 0.369 e. The van der Waals surface area contributed by atoms with Gasteiger partial charge in [0.25, 0.3) is 0 Å². The van der Waals surface area contributed by atoms with Crippen molar-refractivity contribution in [3.63, 3.8) is 0 Å². The topological polar surface area (TPSA) is 82.2 Å². The van der Waals surface area contributed by atoms with Crippen LogP contribution in [-0.2, 0) is 4.79 Å². The zero-order chi connectivity index (χ0) is 12.7. The molecule has 0 aromatic heterocycles. The molecule has 1 aliphatic heterocycles. The Morgan fingerprint density at radius 2 is 2.47 bits per heavy atom. The Kier molecular flexibility index (Phi) is 5.95. The number of nitrogens with zero attached hydrogens (tertiary/aromatic N) is 2. The quantitative estimate of drug-likeness (QED) is 0.686. The minimum atomic E-state index is -0.218. The Hall–Kier alpha value is -1.12. The molecule has 1 fully saturated rings. The van der Waals surface area contributed by atoms with Crippen LogP contribution in [0, 0.1) is 17.2 Å². The summed E-state index contributed by atoms with van der Waals surface area (Å²) in [6.07, 6.45) is 2.88. The van der Waals surface area contributed by atoms with Gasteiger partial charge in [-0.3, -0.25) is 9.69 Å². The molecule has 1 amide bonds. The molecule has 2 unspecified atom stereocenters. The average Bonchev–Trinajstić information content (AvgIpc) is 2.34. The van der Waals surface area contributed by atoms with Crippen molar-refractivity contribution in [2.24, 2.45) is 11.7 Å². The van der Waals surface area contributed by atoms with E-state index in [2.05, 4.69) is 23.2 Å². The molecule has 0 radical (unpaired) electrons. The van der Waals surface area contributed by atoms with Crippen molar-refractivity contribution in [1.29, 1.82) is 5.26 Å². The molecule has 1 heterocycles. The molecule has 2 atom stereocenters. The molecule has 0 bridgehead atoms. The van der Waals surface area contributed by atoms with Crippen molar-refractivity contribution in [3.8, 4) is 6.07 Å². The molecule has 0 aliphatic carbocycles. The third kappa shape index (κ3) is 4.72. The molecular formula is C12H22N4O. The van der Waals surface area contributed by atoms with Crippen molar-refractivity contribution < 1.29 is 4.79 Å². The Morgan fingerprint density at radius 1 is 1.71 bits per heavy atom. The molecular weight excluding hydrogens is 216 g/mol. The summed E-state index contributed by atoms with van der Waals surface area (Å²) >= 11 is 0. The van der Waals surface area contributed by atoms with Crippen LogP contribution in [0.25, 0.3) is 0 Å². The van der Waals surface area contributed by atoms with E-state index in [1.54, 1.807) is 0 Å². The Balaban J connectivity index is 2.39. The number of nitrogens with two attached hydrogens (primary N) is 1. The van der Waals surface area contributed by atoms with E-state index in [0.717, 1.165) is 32.4 Å². The fourth-order valence-corrected chi connectivity index (χ4v) is 2.18. The van der Waals surface area contributed by atoms with Crippen molar-refractivity contribution in [2.45, 2.75) is 32.2 Å². The van der Waals surface area contributed by atoms with Crippen LogP contribution in [0.5, 0.6) is 0 Å². The van der Waals surface area contributed by atoms with Gasteiger partial charge in [-0.1, -0.05) is 6.92 Å². The number of nitriles is 1. The number of carbonyl (C=O) groups is 1. The van der Waals surface area contributed by atoms with Gasteiger partial charge in [-0.05, 0) is 32.4 Å². The van der Waals surface area contributed by atoms with E-state index >= 15 is 0 Å². The zero-order valence-corrected chi connectivity index (χ0v) is 10.5. The predicted molar refractivity (Wildman–Crippen MR) is 66.1 cm³/mol. The van der Waals surface area contributed by atoms with Crippen LogP contribution in [0.3, 0.4) is 0 Å². The second kappa shape index (κ2) is 7.25. The maximum Gasteiger partial charge on any atom is 0.221 e. The van der Waals surface area contributed by atoms with E-state index in [4.69, 9.17) is 11.0 Å². The van der Waals surface area contributed by atoms with Gasteiger partial charge < -0.3 is 11.1 Å². The van der Waals surface area contributed by atoms with Gasteiger partial charge >= 0.3 is 0 Å². The van der Waals surface area contributed by atoms with E-state index < -0.39 is 0 Å². The minimum Gasteiger partial charge on any atom is -0.369 e. The van der Waals surface area contributed by atoms with Crippen molar-refractivity contribution in [3.05, 3.63) is 0 Å². The third-order valence-electron chi connectivity index (χ3n) is 3.15. The first-order valence-corrected chi connectivity index (χ1v) is 6.32. The number of nitrogens with one attached hydrogen (secondary N) is 1. The summed E-state index contributed by atoms with van der Waals surface area (Å²) in [5, 5.41) is 12.2. The number of amides is 1. The lowest BCUT2D eigenvalue weighted by Crippen LogP contribution is -2.47. The smallest absolute Gasteiger partial charge is 0.221 e. The maximum atomic E-state index is 11.1. The lowest BCUT2D eigenvalue weighted by molar-refractivity contribution is -0.123. The maximum absolute atomic E-state index is 11.1. The first kappa shape index (κ1) is 13.9. The molecule has 0 spiro atoms. The monoisotopic (exact) mass is 238 g/mol. The SMILES string of the molecule is CCCNC(C#N)CN1CCCC(C(N)=O)C1.